The molecule has 1 saturated heterocycles. The zero-order valence-electron chi connectivity index (χ0n) is 18.6. The lowest BCUT2D eigenvalue weighted by Gasteiger charge is -2.32. The molecule has 1 N–H and O–H groups in total. The smallest absolute Gasteiger partial charge is 0.433 e. The molecule has 1 aliphatic heterocycles. The van der Waals surface area contributed by atoms with Crippen LogP contribution >= 0.6 is 0 Å². The summed E-state index contributed by atoms with van der Waals surface area (Å²) in [6.07, 6.45) is -1.91. The molecular formula is C24H30F3N3O2. The van der Waals surface area contributed by atoms with Gasteiger partial charge in [-0.25, -0.2) is 9.78 Å². The van der Waals surface area contributed by atoms with E-state index >= 15 is 0 Å². The number of carbonyl (C=O) groups is 1. The van der Waals surface area contributed by atoms with Crippen LogP contribution in [0, 0.1) is 0 Å². The number of nitrogens with one attached hydrogen (secondary N) is 1. The Balaban J connectivity index is 1.96. The number of unbranched alkanes of at least 4 members (excludes halogenated alkanes) is 1. The third kappa shape index (κ3) is 5.72. The summed E-state index contributed by atoms with van der Waals surface area (Å²) in [4.78, 5) is 18.6. The van der Waals surface area contributed by atoms with Gasteiger partial charge in [-0.3, -0.25) is 4.90 Å². The molecule has 1 amide bonds. The number of likely N-dealkylation sites (tertiary alicyclic amines) is 1. The van der Waals surface area contributed by atoms with E-state index in [1.165, 1.54) is 12.1 Å². The third-order valence-electron chi connectivity index (χ3n) is 5.55. The highest BCUT2D eigenvalue weighted by molar-refractivity contribution is 5.70. The van der Waals surface area contributed by atoms with E-state index in [1.807, 2.05) is 30.3 Å². The minimum absolute atomic E-state index is 0.0882. The fourth-order valence-corrected chi connectivity index (χ4v) is 4.22. The van der Waals surface area contributed by atoms with Crippen molar-refractivity contribution in [1.82, 2.24) is 9.88 Å². The molecule has 1 aromatic heterocycles. The number of amides is 1. The second kappa shape index (κ2) is 10.2. The SMILES string of the molecule is CCCCC1CC(Nc2cccc(C(F)(F)F)n2)C(c2ccccc2)N1C(=O)OC(C)C. The maximum atomic E-state index is 13.2. The molecule has 3 rings (SSSR count). The quantitative estimate of drug-likeness (QED) is 0.529. The Bertz CT molecular complexity index is 890. The number of ether oxygens (including phenoxy) is 1. The lowest BCUT2D eigenvalue weighted by Crippen LogP contribution is -2.40. The molecule has 1 aromatic carbocycles. The van der Waals surface area contributed by atoms with Crippen molar-refractivity contribution < 1.29 is 22.7 Å². The molecule has 3 unspecified atom stereocenters. The van der Waals surface area contributed by atoms with Gasteiger partial charge in [0.25, 0.3) is 0 Å². The molecule has 1 fully saturated rings. The molecule has 3 atom stereocenters. The molecule has 0 bridgehead atoms. The molecule has 8 heteroatoms. The van der Waals surface area contributed by atoms with Crippen molar-refractivity contribution in [2.24, 2.45) is 0 Å². The monoisotopic (exact) mass is 449 g/mol. The number of alkyl halides is 3. The average molecular weight is 450 g/mol. The van der Waals surface area contributed by atoms with Crippen molar-refractivity contribution in [2.45, 2.75) is 76.9 Å². The topological polar surface area (TPSA) is 54.5 Å². The predicted molar refractivity (Wildman–Crippen MR) is 117 cm³/mol. The maximum Gasteiger partial charge on any atom is 0.433 e. The molecule has 0 radical (unpaired) electrons. The summed E-state index contributed by atoms with van der Waals surface area (Å²) in [5, 5.41) is 3.19. The lowest BCUT2D eigenvalue weighted by molar-refractivity contribution is -0.141. The van der Waals surface area contributed by atoms with Crippen LogP contribution in [0.2, 0.25) is 0 Å². The van der Waals surface area contributed by atoms with E-state index in [2.05, 4.69) is 17.2 Å². The molecule has 32 heavy (non-hydrogen) atoms. The summed E-state index contributed by atoms with van der Waals surface area (Å²) >= 11 is 0. The van der Waals surface area contributed by atoms with Crippen molar-refractivity contribution in [1.29, 1.82) is 0 Å². The van der Waals surface area contributed by atoms with Crippen LogP contribution in [-0.2, 0) is 10.9 Å². The van der Waals surface area contributed by atoms with Crippen LogP contribution in [0.15, 0.2) is 48.5 Å². The van der Waals surface area contributed by atoms with Crippen molar-refractivity contribution >= 4 is 11.9 Å². The highest BCUT2D eigenvalue weighted by Crippen LogP contribution is 2.40. The highest BCUT2D eigenvalue weighted by atomic mass is 19.4. The van der Waals surface area contributed by atoms with Gasteiger partial charge in [-0.15, -0.1) is 0 Å². The van der Waals surface area contributed by atoms with Gasteiger partial charge < -0.3 is 10.1 Å². The Labute approximate surface area is 187 Å². The summed E-state index contributed by atoms with van der Waals surface area (Å²) in [6, 6.07) is 12.5. The lowest BCUT2D eigenvalue weighted by atomic mass is 9.99. The number of pyridine rings is 1. The number of hydrogen-bond donors (Lipinski definition) is 1. The van der Waals surface area contributed by atoms with Gasteiger partial charge >= 0.3 is 12.3 Å². The summed E-state index contributed by atoms with van der Waals surface area (Å²) in [5.41, 5.74) is -0.0490. The third-order valence-corrected chi connectivity index (χ3v) is 5.55. The number of nitrogens with zero attached hydrogens (tertiary/aromatic N) is 2. The van der Waals surface area contributed by atoms with Crippen LogP contribution in [0.3, 0.4) is 0 Å². The van der Waals surface area contributed by atoms with Gasteiger partial charge in [0.05, 0.1) is 18.2 Å². The summed E-state index contributed by atoms with van der Waals surface area (Å²) in [5.74, 6) is 0.138. The molecule has 0 spiro atoms. The summed E-state index contributed by atoms with van der Waals surface area (Å²) < 4.78 is 45.0. The molecule has 0 saturated carbocycles. The Morgan fingerprint density at radius 1 is 1.19 bits per heavy atom. The number of benzene rings is 1. The molecule has 2 aromatic rings. The van der Waals surface area contributed by atoms with E-state index in [1.54, 1.807) is 18.7 Å². The number of aromatic nitrogens is 1. The van der Waals surface area contributed by atoms with Crippen LogP contribution in [0.1, 0.15) is 63.8 Å². The number of halogens is 3. The largest absolute Gasteiger partial charge is 0.447 e. The minimum atomic E-state index is -4.52. The van der Waals surface area contributed by atoms with E-state index in [0.717, 1.165) is 30.9 Å². The first kappa shape index (κ1) is 23.9. The molecular weight excluding hydrogens is 419 g/mol. The van der Waals surface area contributed by atoms with Gasteiger partial charge in [-0.2, -0.15) is 13.2 Å². The highest BCUT2D eigenvalue weighted by Gasteiger charge is 2.45. The van der Waals surface area contributed by atoms with Gasteiger partial charge in [0.15, 0.2) is 0 Å². The summed E-state index contributed by atoms with van der Waals surface area (Å²) in [6.45, 7) is 5.69. The van der Waals surface area contributed by atoms with Crippen LogP contribution < -0.4 is 5.32 Å². The second-order valence-corrected chi connectivity index (χ2v) is 8.38. The fourth-order valence-electron chi connectivity index (χ4n) is 4.22. The number of hydrogen-bond acceptors (Lipinski definition) is 4. The van der Waals surface area contributed by atoms with E-state index < -0.39 is 18.0 Å². The average Bonchev–Trinajstić information content (AvgIpc) is 3.10. The van der Waals surface area contributed by atoms with Crippen molar-refractivity contribution in [3.63, 3.8) is 0 Å². The summed E-state index contributed by atoms with van der Waals surface area (Å²) in [7, 11) is 0. The zero-order chi connectivity index (χ0) is 23.3. The van der Waals surface area contributed by atoms with Crippen molar-refractivity contribution in [3.8, 4) is 0 Å². The van der Waals surface area contributed by atoms with Gasteiger partial charge in [0.2, 0.25) is 0 Å². The van der Waals surface area contributed by atoms with E-state index in [9.17, 15) is 18.0 Å². The predicted octanol–water partition coefficient (Wildman–Crippen LogP) is 6.43. The van der Waals surface area contributed by atoms with Gasteiger partial charge in [0, 0.05) is 6.04 Å². The van der Waals surface area contributed by atoms with Crippen molar-refractivity contribution in [2.75, 3.05) is 5.32 Å². The van der Waals surface area contributed by atoms with Crippen LogP contribution in [-0.4, -0.2) is 34.2 Å². The van der Waals surface area contributed by atoms with E-state index in [0.29, 0.717) is 6.42 Å². The van der Waals surface area contributed by atoms with Crippen LogP contribution in [0.5, 0.6) is 0 Å². The Kier molecular flexibility index (Phi) is 7.64. The normalized spacial score (nSPS) is 21.1. The zero-order valence-corrected chi connectivity index (χ0v) is 18.6. The first-order valence-electron chi connectivity index (χ1n) is 11.1. The molecule has 0 aliphatic carbocycles. The fraction of sp³-hybridized carbons (Fsp3) is 0.500. The van der Waals surface area contributed by atoms with Crippen LogP contribution in [0.25, 0.3) is 0 Å². The van der Waals surface area contributed by atoms with E-state index in [-0.39, 0.29) is 30.0 Å². The molecule has 2 heterocycles. The number of rotatable bonds is 7. The Hall–Kier alpha value is -2.77. The van der Waals surface area contributed by atoms with Gasteiger partial charge in [-0.1, -0.05) is 56.2 Å². The van der Waals surface area contributed by atoms with Crippen molar-refractivity contribution in [3.05, 3.63) is 59.8 Å². The molecule has 5 nitrogen and oxygen atoms in total. The van der Waals surface area contributed by atoms with E-state index in [4.69, 9.17) is 4.74 Å². The molecule has 174 valence electrons. The number of anilines is 1. The first-order chi connectivity index (χ1) is 15.2. The standard InChI is InChI=1S/C24H30F3N3O2/c1-4-5-12-18-15-19(28-21-14-9-13-20(29-21)24(25,26)27)22(17-10-7-6-8-11-17)30(18)23(31)32-16(2)3/h6-11,13-14,16,18-19,22H,4-5,12,15H2,1-3H3,(H,28,29). The Morgan fingerprint density at radius 3 is 2.53 bits per heavy atom. The molecule has 1 aliphatic rings. The van der Waals surface area contributed by atoms with Crippen LogP contribution in [0.4, 0.5) is 23.8 Å². The minimum Gasteiger partial charge on any atom is -0.447 e. The number of carbonyl (C=O) groups excluding carboxylic acids is 1. The first-order valence-corrected chi connectivity index (χ1v) is 11.1. The Morgan fingerprint density at radius 2 is 1.91 bits per heavy atom. The maximum absolute atomic E-state index is 13.2. The van der Waals surface area contributed by atoms with Gasteiger partial charge in [-0.05, 0) is 44.4 Å². The second-order valence-electron chi connectivity index (χ2n) is 8.38. The van der Waals surface area contributed by atoms with Gasteiger partial charge in [0.1, 0.15) is 11.5 Å².